The van der Waals surface area contributed by atoms with Crippen LogP contribution in [0, 0.1) is 17.8 Å². The maximum Gasteiger partial charge on any atom is 0.405 e. The number of rotatable bonds is 9. The van der Waals surface area contributed by atoms with E-state index in [1.807, 2.05) is 51.1 Å². The van der Waals surface area contributed by atoms with Crippen LogP contribution in [0.1, 0.15) is 79.1 Å². The lowest BCUT2D eigenvalue weighted by Crippen LogP contribution is -2.59. The van der Waals surface area contributed by atoms with Gasteiger partial charge in [-0.3, -0.25) is 19.1 Å². The summed E-state index contributed by atoms with van der Waals surface area (Å²) in [5.74, 6) is -2.29. The Balaban J connectivity index is 1.35. The van der Waals surface area contributed by atoms with Gasteiger partial charge in [0.2, 0.25) is 33.6 Å². The number of allylic oxidation sites excluding steroid dienone is 1. The van der Waals surface area contributed by atoms with Crippen molar-refractivity contribution in [1.29, 1.82) is 0 Å². The van der Waals surface area contributed by atoms with E-state index in [0.717, 1.165) is 6.42 Å². The van der Waals surface area contributed by atoms with Crippen molar-refractivity contribution in [2.75, 3.05) is 13.2 Å². The predicted molar refractivity (Wildman–Crippen MR) is 190 cm³/mol. The number of ether oxygens (including phenoxy) is 2. The molecular formula is C36H48N6O9S. The van der Waals surface area contributed by atoms with Gasteiger partial charge in [-0.15, -0.1) is 10.2 Å². The Bertz CT molecular complexity index is 1870. The molecule has 1 saturated heterocycles. The number of fused-ring (bicyclic) bond motifs is 3. The van der Waals surface area contributed by atoms with Crippen molar-refractivity contribution < 1.29 is 42.2 Å². The molecule has 1 aromatic heterocycles. The lowest BCUT2D eigenvalue weighted by atomic mass is 9.85. The number of hydrogen-bond donors (Lipinski definition) is 4. The minimum atomic E-state index is -4.00. The van der Waals surface area contributed by atoms with Gasteiger partial charge in [0, 0.05) is 12.3 Å². The fourth-order valence-corrected chi connectivity index (χ4v) is 8.80. The zero-order valence-corrected chi connectivity index (χ0v) is 30.8. The molecule has 0 spiro atoms. The largest absolute Gasteiger partial charge is 0.476 e. The van der Waals surface area contributed by atoms with Gasteiger partial charge < -0.3 is 30.1 Å². The zero-order chi connectivity index (χ0) is 37.4. The highest BCUT2D eigenvalue weighted by Crippen LogP contribution is 2.47. The van der Waals surface area contributed by atoms with Gasteiger partial charge in [-0.05, 0) is 76.3 Å². The van der Waals surface area contributed by atoms with Crippen molar-refractivity contribution in [1.82, 2.24) is 30.5 Å². The SMILES string of the molecule is CCOc1nnc(O[C@@H]2C[C@H]3C(=O)N[C@]4(C(=O)NS(=O)(=O)C5(C)CC5)C[C@H]4/C=C\CC[C@H](C)C[C@@H](CC)[C@H](NC(=O)O)C(=O)N3C2)c2ccccc12. The van der Waals surface area contributed by atoms with Gasteiger partial charge in [-0.1, -0.05) is 44.6 Å². The third kappa shape index (κ3) is 7.39. The number of amides is 4. The summed E-state index contributed by atoms with van der Waals surface area (Å²) in [6.45, 7) is 7.64. The number of aromatic nitrogens is 2. The summed E-state index contributed by atoms with van der Waals surface area (Å²) in [6.07, 6.45) is 5.13. The van der Waals surface area contributed by atoms with E-state index in [0.29, 0.717) is 55.4 Å². The molecule has 0 radical (unpaired) electrons. The van der Waals surface area contributed by atoms with Crippen molar-refractivity contribution in [3.63, 3.8) is 0 Å². The van der Waals surface area contributed by atoms with Crippen LogP contribution in [0.2, 0.25) is 0 Å². The maximum atomic E-state index is 14.5. The number of hydrogen-bond acceptors (Lipinski definition) is 10. The van der Waals surface area contributed by atoms with Crippen molar-refractivity contribution in [2.24, 2.45) is 17.8 Å². The van der Waals surface area contributed by atoms with Gasteiger partial charge in [0.15, 0.2) is 0 Å². The summed E-state index contributed by atoms with van der Waals surface area (Å²) < 4.78 is 39.4. The Morgan fingerprint density at radius 2 is 1.79 bits per heavy atom. The number of carbonyl (C=O) groups is 4. The number of carbonyl (C=O) groups excluding carboxylic acids is 3. The van der Waals surface area contributed by atoms with Crippen molar-refractivity contribution in [3.05, 3.63) is 36.4 Å². The Morgan fingerprint density at radius 1 is 1.10 bits per heavy atom. The van der Waals surface area contributed by atoms with Crippen molar-refractivity contribution in [3.8, 4) is 11.8 Å². The van der Waals surface area contributed by atoms with Gasteiger partial charge in [0.25, 0.3) is 5.91 Å². The van der Waals surface area contributed by atoms with Crippen LogP contribution in [0.4, 0.5) is 4.79 Å². The van der Waals surface area contributed by atoms with Crippen LogP contribution in [0.15, 0.2) is 36.4 Å². The van der Waals surface area contributed by atoms with Crippen LogP contribution in [-0.2, 0) is 24.4 Å². The normalized spacial score (nSPS) is 30.8. The molecule has 2 saturated carbocycles. The van der Waals surface area contributed by atoms with Crippen molar-refractivity contribution >= 4 is 44.6 Å². The maximum absolute atomic E-state index is 14.5. The molecule has 4 N–H and O–H groups in total. The lowest BCUT2D eigenvalue weighted by molar-refractivity contribution is -0.142. The average molecular weight is 741 g/mol. The van der Waals surface area contributed by atoms with Crippen LogP contribution < -0.4 is 24.8 Å². The van der Waals surface area contributed by atoms with E-state index in [9.17, 15) is 32.7 Å². The number of sulfonamides is 1. The number of nitrogens with one attached hydrogen (secondary N) is 3. The van der Waals surface area contributed by atoms with Gasteiger partial charge >= 0.3 is 6.09 Å². The van der Waals surface area contributed by atoms with Crippen LogP contribution in [-0.4, -0.2) is 94.1 Å². The average Bonchev–Trinajstić information content (AvgIpc) is 3.98. The first-order valence-electron chi connectivity index (χ1n) is 18.1. The molecule has 52 heavy (non-hydrogen) atoms. The molecular weight excluding hydrogens is 692 g/mol. The van der Waals surface area contributed by atoms with E-state index in [2.05, 4.69) is 25.6 Å². The van der Waals surface area contributed by atoms with E-state index in [1.54, 1.807) is 13.0 Å². The Morgan fingerprint density at radius 3 is 2.44 bits per heavy atom. The minimum absolute atomic E-state index is 0.0116. The molecule has 2 aliphatic heterocycles. The number of benzene rings is 1. The van der Waals surface area contributed by atoms with Crippen LogP contribution in [0.5, 0.6) is 11.8 Å². The van der Waals surface area contributed by atoms with Gasteiger partial charge in [-0.2, -0.15) is 0 Å². The summed E-state index contributed by atoms with van der Waals surface area (Å²) in [5, 5.41) is 24.9. The second kappa shape index (κ2) is 14.5. The number of nitrogens with zero attached hydrogens (tertiary/aromatic N) is 3. The molecule has 0 unspecified atom stereocenters. The molecule has 1 aromatic carbocycles. The molecule has 2 aliphatic carbocycles. The molecule has 16 heteroatoms. The molecule has 15 nitrogen and oxygen atoms in total. The molecule has 3 heterocycles. The molecule has 7 atom stereocenters. The highest BCUT2D eigenvalue weighted by Gasteiger charge is 2.63. The second-order valence-electron chi connectivity index (χ2n) is 14.9. The zero-order valence-electron chi connectivity index (χ0n) is 30.0. The number of carboxylic acid groups (broad SMARTS) is 1. The summed E-state index contributed by atoms with van der Waals surface area (Å²) in [5.41, 5.74) is -1.55. The molecule has 2 aromatic rings. The van der Waals surface area contributed by atoms with E-state index in [4.69, 9.17) is 9.47 Å². The smallest absolute Gasteiger partial charge is 0.405 e. The Kier molecular flexibility index (Phi) is 10.4. The third-order valence-electron chi connectivity index (χ3n) is 11.1. The van der Waals surface area contributed by atoms with E-state index >= 15 is 0 Å². The standard InChI is InChI=1S/C36H48N6O9S/c1-5-22-17-21(3)11-7-8-12-23-19-36(23,33(45)41-52(48,49)35(4)15-16-35)38-29(43)27-18-24(20-42(27)32(44)28(22)37-34(46)47)51-31-26-14-10-9-13-25(26)30(39-40-31)50-6-2/h8-10,12-14,21-24,27-28,37H,5-7,11,15-20H2,1-4H3,(H,38,43)(H,41,45)(H,46,47)/b12-8-/t21-,22+,23+,24+,27-,28-,36+/m0/s1. The second-order valence-corrected chi connectivity index (χ2v) is 17.1. The van der Waals surface area contributed by atoms with Gasteiger partial charge in [-0.25, -0.2) is 13.2 Å². The molecule has 3 fully saturated rings. The monoisotopic (exact) mass is 740 g/mol. The molecule has 4 aliphatic rings. The first-order valence-corrected chi connectivity index (χ1v) is 19.6. The molecule has 6 rings (SSSR count). The predicted octanol–water partition coefficient (Wildman–Crippen LogP) is 3.29. The molecule has 0 bridgehead atoms. The van der Waals surface area contributed by atoms with Gasteiger partial charge in [0.05, 0.1) is 28.7 Å². The summed E-state index contributed by atoms with van der Waals surface area (Å²) in [6, 6.07) is 4.93. The summed E-state index contributed by atoms with van der Waals surface area (Å²) in [7, 11) is -4.00. The summed E-state index contributed by atoms with van der Waals surface area (Å²) >= 11 is 0. The highest BCUT2D eigenvalue weighted by atomic mass is 32.2. The highest BCUT2D eigenvalue weighted by molar-refractivity contribution is 7.91. The van der Waals surface area contributed by atoms with Crippen LogP contribution >= 0.6 is 0 Å². The first kappa shape index (κ1) is 37.3. The topological polar surface area (TPSA) is 206 Å². The molecule has 4 amide bonds. The molecule has 282 valence electrons. The van der Waals surface area contributed by atoms with E-state index < -0.39 is 68.2 Å². The van der Waals surface area contributed by atoms with Gasteiger partial charge in [0.1, 0.15) is 23.7 Å². The van der Waals surface area contributed by atoms with E-state index in [1.165, 1.54) is 4.90 Å². The lowest BCUT2D eigenvalue weighted by Gasteiger charge is -2.33. The quantitative estimate of drug-likeness (QED) is 0.275. The Hall–Kier alpha value is -4.47. The third-order valence-corrected chi connectivity index (χ3v) is 13.2. The first-order chi connectivity index (χ1) is 24.7. The minimum Gasteiger partial charge on any atom is -0.476 e. The van der Waals surface area contributed by atoms with Crippen LogP contribution in [0.25, 0.3) is 10.8 Å². The van der Waals surface area contributed by atoms with Crippen LogP contribution in [0.3, 0.4) is 0 Å². The van der Waals surface area contributed by atoms with Crippen molar-refractivity contribution in [2.45, 2.75) is 108 Å². The summed E-state index contributed by atoms with van der Waals surface area (Å²) in [4.78, 5) is 56.1. The Labute approximate surface area is 303 Å². The fraction of sp³-hybridized carbons (Fsp3) is 0.611. The van der Waals surface area contributed by atoms with E-state index in [-0.39, 0.29) is 37.1 Å². The fourth-order valence-electron chi connectivity index (χ4n) is 7.49.